The molecule has 2 N–H and O–H groups in total. The zero-order valence-electron chi connectivity index (χ0n) is 16.2. The van der Waals surface area contributed by atoms with E-state index in [1.165, 1.54) is 17.2 Å². The van der Waals surface area contributed by atoms with Crippen molar-refractivity contribution in [3.05, 3.63) is 66.4 Å². The third-order valence-corrected chi connectivity index (χ3v) is 5.71. The second-order valence-corrected chi connectivity index (χ2v) is 8.71. The fourth-order valence-electron chi connectivity index (χ4n) is 3.05. The third kappa shape index (κ3) is 5.13. The van der Waals surface area contributed by atoms with Crippen molar-refractivity contribution in [1.29, 1.82) is 0 Å². The van der Waals surface area contributed by atoms with Gasteiger partial charge in [0.2, 0.25) is 0 Å². The van der Waals surface area contributed by atoms with E-state index in [1.807, 2.05) is 12.1 Å². The van der Waals surface area contributed by atoms with Gasteiger partial charge in [0.1, 0.15) is 0 Å². The summed E-state index contributed by atoms with van der Waals surface area (Å²) < 4.78 is 25.3. The molecule has 0 aliphatic carbocycles. The van der Waals surface area contributed by atoms with Crippen molar-refractivity contribution in [2.45, 2.75) is 24.4 Å². The van der Waals surface area contributed by atoms with Crippen molar-refractivity contribution in [1.82, 2.24) is 15.2 Å². The Balaban J connectivity index is 1.45. The van der Waals surface area contributed by atoms with Gasteiger partial charge in [-0.15, -0.1) is 0 Å². The standard InChI is InChI=1S/C21H26N4O2S/c1-22-21(24-16-17-8-10-19(11-9-17)28(2,26)27)23-13-5-14-25-15-12-18-6-3-4-7-20(18)25/h3-4,6-12,15H,5,13-14,16H2,1-2H3,(H2,22,23,24). The van der Waals surface area contributed by atoms with Gasteiger partial charge in [0, 0.05) is 44.7 Å². The van der Waals surface area contributed by atoms with Crippen molar-refractivity contribution >= 4 is 26.7 Å². The first-order valence-corrected chi connectivity index (χ1v) is 11.1. The molecule has 148 valence electrons. The zero-order chi connectivity index (χ0) is 20.0. The van der Waals surface area contributed by atoms with Gasteiger partial charge >= 0.3 is 0 Å². The van der Waals surface area contributed by atoms with Gasteiger partial charge < -0.3 is 15.2 Å². The van der Waals surface area contributed by atoms with E-state index in [2.05, 4.69) is 56.7 Å². The lowest BCUT2D eigenvalue weighted by Crippen LogP contribution is -2.37. The van der Waals surface area contributed by atoms with Crippen LogP contribution in [-0.2, 0) is 22.9 Å². The van der Waals surface area contributed by atoms with Crippen LogP contribution in [0.1, 0.15) is 12.0 Å². The van der Waals surface area contributed by atoms with Crippen LogP contribution in [0.5, 0.6) is 0 Å². The Morgan fingerprint density at radius 2 is 1.79 bits per heavy atom. The van der Waals surface area contributed by atoms with Crippen LogP contribution in [0.3, 0.4) is 0 Å². The summed E-state index contributed by atoms with van der Waals surface area (Å²) in [5.74, 6) is 0.726. The molecule has 28 heavy (non-hydrogen) atoms. The summed E-state index contributed by atoms with van der Waals surface area (Å²) in [6.07, 6.45) is 4.31. The topological polar surface area (TPSA) is 75.5 Å². The number of nitrogens with zero attached hydrogens (tertiary/aromatic N) is 2. The van der Waals surface area contributed by atoms with Crippen LogP contribution >= 0.6 is 0 Å². The SMILES string of the molecule is CN=C(NCCCn1ccc2ccccc21)NCc1ccc(S(C)(=O)=O)cc1. The second kappa shape index (κ2) is 8.93. The number of aliphatic imine (C=N–C) groups is 1. The Kier molecular flexibility index (Phi) is 6.36. The molecule has 0 aliphatic heterocycles. The largest absolute Gasteiger partial charge is 0.356 e. The summed E-state index contributed by atoms with van der Waals surface area (Å²) in [6.45, 7) is 2.32. The van der Waals surface area contributed by atoms with E-state index in [-0.39, 0.29) is 0 Å². The molecule has 1 aromatic heterocycles. The minimum atomic E-state index is -3.16. The fraction of sp³-hybridized carbons (Fsp3) is 0.286. The van der Waals surface area contributed by atoms with E-state index in [4.69, 9.17) is 0 Å². The van der Waals surface area contributed by atoms with Gasteiger partial charge in [0.25, 0.3) is 0 Å². The van der Waals surface area contributed by atoms with E-state index < -0.39 is 9.84 Å². The number of fused-ring (bicyclic) bond motifs is 1. The number of nitrogens with one attached hydrogen (secondary N) is 2. The van der Waals surface area contributed by atoms with Crippen LogP contribution in [0, 0.1) is 0 Å². The Morgan fingerprint density at radius 3 is 2.50 bits per heavy atom. The van der Waals surface area contributed by atoms with E-state index in [0.717, 1.165) is 31.0 Å². The van der Waals surface area contributed by atoms with Crippen molar-refractivity contribution in [3.63, 3.8) is 0 Å². The van der Waals surface area contributed by atoms with Gasteiger partial charge in [-0.3, -0.25) is 4.99 Å². The molecule has 0 saturated heterocycles. The number of hydrogen-bond acceptors (Lipinski definition) is 3. The molecule has 0 atom stereocenters. The van der Waals surface area contributed by atoms with Crippen molar-refractivity contribution in [3.8, 4) is 0 Å². The number of hydrogen-bond donors (Lipinski definition) is 2. The molecule has 0 aliphatic rings. The molecule has 0 bridgehead atoms. The minimum Gasteiger partial charge on any atom is -0.356 e. The van der Waals surface area contributed by atoms with Crippen LogP contribution in [0.2, 0.25) is 0 Å². The van der Waals surface area contributed by atoms with Gasteiger partial charge in [0.05, 0.1) is 4.90 Å². The maximum Gasteiger partial charge on any atom is 0.191 e. The normalized spacial score (nSPS) is 12.3. The van der Waals surface area contributed by atoms with Gasteiger partial charge in [-0.1, -0.05) is 30.3 Å². The summed E-state index contributed by atoms with van der Waals surface area (Å²) in [7, 11) is -1.42. The summed E-state index contributed by atoms with van der Waals surface area (Å²) in [4.78, 5) is 4.57. The first-order chi connectivity index (χ1) is 13.5. The Hall–Kier alpha value is -2.80. The van der Waals surface area contributed by atoms with Crippen LogP contribution in [0.25, 0.3) is 10.9 Å². The van der Waals surface area contributed by atoms with Gasteiger partial charge in [-0.2, -0.15) is 0 Å². The number of rotatable bonds is 7. The van der Waals surface area contributed by atoms with Crippen molar-refractivity contribution in [2.75, 3.05) is 19.8 Å². The lowest BCUT2D eigenvalue weighted by molar-refractivity contribution is 0.602. The van der Waals surface area contributed by atoms with Gasteiger partial charge in [0.15, 0.2) is 15.8 Å². The molecule has 0 fully saturated rings. The van der Waals surface area contributed by atoms with E-state index >= 15 is 0 Å². The maximum absolute atomic E-state index is 11.5. The summed E-state index contributed by atoms with van der Waals surface area (Å²) in [5.41, 5.74) is 2.25. The Labute approximate surface area is 166 Å². The summed E-state index contributed by atoms with van der Waals surface area (Å²) >= 11 is 0. The zero-order valence-corrected chi connectivity index (χ0v) is 17.0. The number of benzene rings is 2. The lowest BCUT2D eigenvalue weighted by Gasteiger charge is -2.12. The Bertz CT molecular complexity index is 1050. The molecule has 1 heterocycles. The molecule has 2 aromatic carbocycles. The first kappa shape index (κ1) is 19.9. The maximum atomic E-state index is 11.5. The van der Waals surface area contributed by atoms with Crippen LogP contribution < -0.4 is 10.6 Å². The highest BCUT2D eigenvalue weighted by molar-refractivity contribution is 7.90. The highest BCUT2D eigenvalue weighted by Gasteiger charge is 2.06. The number of aromatic nitrogens is 1. The fourth-order valence-corrected chi connectivity index (χ4v) is 3.68. The van der Waals surface area contributed by atoms with Crippen LogP contribution in [0.15, 0.2) is 70.7 Å². The molecule has 3 rings (SSSR count). The molecule has 0 spiro atoms. The van der Waals surface area contributed by atoms with Crippen LogP contribution in [-0.4, -0.2) is 38.8 Å². The van der Waals surface area contributed by atoms with Crippen molar-refractivity contribution < 1.29 is 8.42 Å². The Morgan fingerprint density at radius 1 is 1.04 bits per heavy atom. The summed E-state index contributed by atoms with van der Waals surface area (Å²) in [6, 6.07) is 17.4. The molecule has 7 heteroatoms. The smallest absolute Gasteiger partial charge is 0.191 e. The first-order valence-electron chi connectivity index (χ1n) is 9.25. The molecule has 0 radical (unpaired) electrons. The highest BCUT2D eigenvalue weighted by Crippen LogP contribution is 2.15. The minimum absolute atomic E-state index is 0.330. The molecular weight excluding hydrogens is 372 g/mol. The quantitative estimate of drug-likeness (QED) is 0.365. The number of sulfone groups is 1. The lowest BCUT2D eigenvalue weighted by atomic mass is 10.2. The predicted molar refractivity (Wildman–Crippen MR) is 114 cm³/mol. The van der Waals surface area contributed by atoms with E-state index in [0.29, 0.717) is 11.4 Å². The third-order valence-electron chi connectivity index (χ3n) is 4.58. The monoisotopic (exact) mass is 398 g/mol. The number of guanidine groups is 1. The molecule has 0 saturated carbocycles. The van der Waals surface area contributed by atoms with Crippen LogP contribution in [0.4, 0.5) is 0 Å². The molecule has 6 nitrogen and oxygen atoms in total. The number of para-hydroxylation sites is 1. The average molecular weight is 399 g/mol. The molecular formula is C21H26N4O2S. The van der Waals surface area contributed by atoms with Gasteiger partial charge in [-0.25, -0.2) is 8.42 Å². The average Bonchev–Trinajstić information content (AvgIpc) is 3.10. The summed E-state index contributed by atoms with van der Waals surface area (Å²) in [5, 5.41) is 7.82. The number of aryl methyl sites for hydroxylation is 1. The molecule has 0 amide bonds. The highest BCUT2D eigenvalue weighted by atomic mass is 32.2. The molecule has 3 aromatic rings. The second-order valence-electron chi connectivity index (χ2n) is 6.69. The van der Waals surface area contributed by atoms with E-state index in [9.17, 15) is 8.42 Å². The predicted octanol–water partition coefficient (Wildman–Crippen LogP) is 2.80. The van der Waals surface area contributed by atoms with E-state index in [1.54, 1.807) is 19.2 Å². The van der Waals surface area contributed by atoms with Crippen molar-refractivity contribution in [2.24, 2.45) is 4.99 Å². The van der Waals surface area contributed by atoms with Gasteiger partial charge in [-0.05, 0) is 41.6 Å². The molecule has 0 unspecified atom stereocenters.